The van der Waals surface area contributed by atoms with E-state index in [1.807, 2.05) is 4.90 Å². The van der Waals surface area contributed by atoms with Gasteiger partial charge in [0.25, 0.3) is 0 Å². The highest BCUT2D eigenvalue weighted by molar-refractivity contribution is 5.88. The Balaban J connectivity index is 2.04. The molecule has 1 saturated heterocycles. The number of nitrogens with zero attached hydrogens (tertiary/aromatic N) is 1. The van der Waals surface area contributed by atoms with Crippen LogP contribution in [0.4, 0.5) is 0 Å². The summed E-state index contributed by atoms with van der Waals surface area (Å²) in [5.41, 5.74) is -0.415. The largest absolute Gasteiger partial charge is 0.341 e. The summed E-state index contributed by atoms with van der Waals surface area (Å²) < 4.78 is 0. The summed E-state index contributed by atoms with van der Waals surface area (Å²) in [5.74, 6) is 4.92. The van der Waals surface area contributed by atoms with Crippen molar-refractivity contribution in [3.8, 4) is 12.3 Å². The number of rotatable bonds is 2. The first kappa shape index (κ1) is 12.5. The van der Waals surface area contributed by atoms with Crippen LogP contribution in [-0.4, -0.2) is 23.9 Å². The summed E-state index contributed by atoms with van der Waals surface area (Å²) in [6, 6.07) is 0. The maximum atomic E-state index is 12.4. The molecule has 94 valence electrons. The number of piperidine rings is 1. The highest BCUT2D eigenvalue weighted by Crippen LogP contribution is 2.47. The maximum Gasteiger partial charge on any atom is 0.240 e. The highest BCUT2D eigenvalue weighted by Gasteiger charge is 2.51. The first-order valence-electron chi connectivity index (χ1n) is 6.77. The third-order valence-corrected chi connectivity index (χ3v) is 4.60. The van der Waals surface area contributed by atoms with Crippen LogP contribution in [0.1, 0.15) is 40.0 Å². The minimum atomic E-state index is -0.415. The zero-order valence-electron chi connectivity index (χ0n) is 11.2. The Hall–Kier alpha value is -0.970. The van der Waals surface area contributed by atoms with E-state index in [4.69, 9.17) is 6.42 Å². The molecular weight excluding hydrogens is 210 g/mol. The first-order chi connectivity index (χ1) is 8.00. The molecule has 0 aromatic rings. The van der Waals surface area contributed by atoms with Gasteiger partial charge in [-0.05, 0) is 37.0 Å². The Bertz CT molecular complexity index is 348. The smallest absolute Gasteiger partial charge is 0.240 e. The van der Waals surface area contributed by atoms with Gasteiger partial charge in [-0.2, -0.15) is 0 Å². The number of hydrogen-bond acceptors (Lipinski definition) is 1. The Morgan fingerprint density at radius 1 is 1.47 bits per heavy atom. The van der Waals surface area contributed by atoms with Crippen molar-refractivity contribution < 1.29 is 4.79 Å². The van der Waals surface area contributed by atoms with E-state index in [0.29, 0.717) is 11.8 Å². The molecule has 0 aromatic carbocycles. The van der Waals surface area contributed by atoms with Gasteiger partial charge in [0.1, 0.15) is 5.41 Å². The number of carbonyl (C=O) groups is 1. The number of likely N-dealkylation sites (tertiary alicyclic amines) is 1. The quantitative estimate of drug-likeness (QED) is 0.671. The minimum absolute atomic E-state index is 0.220. The van der Waals surface area contributed by atoms with E-state index in [-0.39, 0.29) is 5.91 Å². The van der Waals surface area contributed by atoms with Crippen LogP contribution in [0.25, 0.3) is 0 Å². The van der Waals surface area contributed by atoms with E-state index in [1.54, 1.807) is 0 Å². The van der Waals surface area contributed by atoms with Crippen molar-refractivity contribution >= 4 is 5.91 Å². The van der Waals surface area contributed by atoms with Crippen molar-refractivity contribution in [2.75, 3.05) is 13.1 Å². The van der Waals surface area contributed by atoms with Crippen LogP contribution in [-0.2, 0) is 4.79 Å². The van der Waals surface area contributed by atoms with Gasteiger partial charge < -0.3 is 4.90 Å². The number of amides is 1. The molecule has 1 aliphatic carbocycles. The monoisotopic (exact) mass is 233 g/mol. The average molecular weight is 233 g/mol. The predicted molar refractivity (Wildman–Crippen MR) is 69.2 cm³/mol. The average Bonchev–Trinajstić information content (AvgIpc) is 3.09. The van der Waals surface area contributed by atoms with Crippen LogP contribution in [0.2, 0.25) is 0 Å². The van der Waals surface area contributed by atoms with Crippen molar-refractivity contribution in [1.82, 2.24) is 4.90 Å². The third kappa shape index (κ3) is 2.20. The van der Waals surface area contributed by atoms with Gasteiger partial charge in [-0.25, -0.2) is 0 Å². The predicted octanol–water partition coefficient (Wildman–Crippen LogP) is 2.54. The lowest BCUT2D eigenvalue weighted by atomic mass is 9.79. The van der Waals surface area contributed by atoms with Gasteiger partial charge in [-0.15, -0.1) is 6.42 Å². The van der Waals surface area contributed by atoms with Crippen LogP contribution in [0.3, 0.4) is 0 Å². The fourth-order valence-electron chi connectivity index (χ4n) is 3.00. The fraction of sp³-hybridized carbons (Fsp3) is 0.800. The molecule has 2 fully saturated rings. The topological polar surface area (TPSA) is 20.3 Å². The summed E-state index contributed by atoms with van der Waals surface area (Å²) in [6.45, 7) is 8.61. The van der Waals surface area contributed by atoms with E-state index in [1.165, 1.54) is 0 Å². The van der Waals surface area contributed by atoms with E-state index >= 15 is 0 Å². The lowest BCUT2D eigenvalue weighted by Gasteiger charge is -2.40. The van der Waals surface area contributed by atoms with Crippen molar-refractivity contribution in [2.45, 2.75) is 40.0 Å². The normalized spacial score (nSPS) is 31.1. The maximum absolute atomic E-state index is 12.4. The van der Waals surface area contributed by atoms with Gasteiger partial charge in [0, 0.05) is 13.1 Å². The van der Waals surface area contributed by atoms with Gasteiger partial charge in [0.2, 0.25) is 5.91 Å². The second-order valence-corrected chi connectivity index (χ2v) is 6.15. The van der Waals surface area contributed by atoms with Crippen LogP contribution in [0.5, 0.6) is 0 Å². The molecule has 1 aliphatic heterocycles. The molecule has 1 heterocycles. The molecule has 1 saturated carbocycles. The molecule has 2 rings (SSSR count). The lowest BCUT2D eigenvalue weighted by molar-refractivity contribution is -0.137. The van der Waals surface area contributed by atoms with E-state index in [9.17, 15) is 4.79 Å². The summed E-state index contributed by atoms with van der Waals surface area (Å²) in [7, 11) is 0. The Morgan fingerprint density at radius 3 is 2.59 bits per heavy atom. The van der Waals surface area contributed by atoms with Gasteiger partial charge in [0.05, 0.1) is 0 Å². The van der Waals surface area contributed by atoms with Gasteiger partial charge in [-0.1, -0.05) is 26.7 Å². The molecule has 2 atom stereocenters. The van der Waals surface area contributed by atoms with Gasteiger partial charge in [-0.3, -0.25) is 4.79 Å². The number of hydrogen-bond donors (Lipinski definition) is 0. The van der Waals surface area contributed by atoms with Crippen LogP contribution < -0.4 is 0 Å². The number of carbonyl (C=O) groups excluding carboxylic acids is 1. The second-order valence-electron chi connectivity index (χ2n) is 6.15. The molecule has 0 N–H and O–H groups in total. The molecular formula is C15H23NO. The SMILES string of the molecule is C#CC1(C(=O)N2CC[C@@H](C)[C@@H](C(C)C)C2)CC1. The molecule has 17 heavy (non-hydrogen) atoms. The molecule has 2 heteroatoms. The van der Waals surface area contributed by atoms with Crippen molar-refractivity contribution in [2.24, 2.45) is 23.2 Å². The Labute approximate surface area is 105 Å². The Morgan fingerprint density at radius 2 is 2.12 bits per heavy atom. The van der Waals surface area contributed by atoms with Crippen LogP contribution >= 0.6 is 0 Å². The zero-order chi connectivity index (χ0) is 12.6. The molecule has 0 bridgehead atoms. The van der Waals surface area contributed by atoms with Crippen molar-refractivity contribution in [1.29, 1.82) is 0 Å². The summed E-state index contributed by atoms with van der Waals surface area (Å²) in [5, 5.41) is 0. The second kappa shape index (κ2) is 4.37. The molecule has 0 radical (unpaired) electrons. The minimum Gasteiger partial charge on any atom is -0.341 e. The van der Waals surface area contributed by atoms with Crippen LogP contribution in [0, 0.1) is 35.5 Å². The molecule has 0 spiro atoms. The van der Waals surface area contributed by atoms with Crippen molar-refractivity contribution in [3.05, 3.63) is 0 Å². The molecule has 2 aliphatic rings. The Kier molecular flexibility index (Phi) is 3.21. The number of terminal acetylenes is 1. The van der Waals surface area contributed by atoms with Crippen LogP contribution in [0.15, 0.2) is 0 Å². The summed E-state index contributed by atoms with van der Waals surface area (Å²) >= 11 is 0. The molecule has 0 aromatic heterocycles. The van der Waals surface area contributed by atoms with Crippen molar-refractivity contribution in [3.63, 3.8) is 0 Å². The van der Waals surface area contributed by atoms with E-state index in [0.717, 1.165) is 38.3 Å². The van der Waals surface area contributed by atoms with E-state index in [2.05, 4.69) is 26.7 Å². The highest BCUT2D eigenvalue weighted by atomic mass is 16.2. The lowest BCUT2D eigenvalue weighted by Crippen LogP contribution is -2.47. The molecule has 1 amide bonds. The summed E-state index contributed by atoms with van der Waals surface area (Å²) in [6.07, 6.45) is 8.40. The zero-order valence-corrected chi connectivity index (χ0v) is 11.2. The molecule has 2 nitrogen and oxygen atoms in total. The third-order valence-electron chi connectivity index (χ3n) is 4.60. The first-order valence-corrected chi connectivity index (χ1v) is 6.77. The van der Waals surface area contributed by atoms with Gasteiger partial charge >= 0.3 is 0 Å². The fourth-order valence-corrected chi connectivity index (χ4v) is 3.00. The molecule has 0 unspecified atom stereocenters. The standard InChI is InChI=1S/C15H23NO/c1-5-15(7-8-15)14(17)16-9-6-12(4)13(10-16)11(2)3/h1,11-13H,6-10H2,2-4H3/t12-,13-/m1/s1. The summed E-state index contributed by atoms with van der Waals surface area (Å²) in [4.78, 5) is 14.4. The van der Waals surface area contributed by atoms with Gasteiger partial charge in [0.15, 0.2) is 0 Å². The van der Waals surface area contributed by atoms with E-state index < -0.39 is 5.41 Å².